The number of rotatable bonds is 7. The maximum atomic E-state index is 13.0. The van der Waals surface area contributed by atoms with Crippen LogP contribution in [-0.2, 0) is 17.7 Å². The number of aliphatic hydroxyl groups excluding tert-OH is 1. The van der Waals surface area contributed by atoms with Gasteiger partial charge in [-0.15, -0.1) is 0 Å². The van der Waals surface area contributed by atoms with Crippen LogP contribution in [0.3, 0.4) is 0 Å². The van der Waals surface area contributed by atoms with Crippen molar-refractivity contribution in [2.45, 2.75) is 33.0 Å². The number of aryl methyl sites for hydroxylation is 2. The van der Waals surface area contributed by atoms with Gasteiger partial charge in [0.15, 0.2) is 0 Å². The van der Waals surface area contributed by atoms with Gasteiger partial charge in [-0.3, -0.25) is 14.7 Å². The number of amides is 1. The van der Waals surface area contributed by atoms with Crippen molar-refractivity contribution >= 4 is 5.91 Å². The van der Waals surface area contributed by atoms with E-state index in [1.807, 2.05) is 36.1 Å². The van der Waals surface area contributed by atoms with Crippen LogP contribution in [0.1, 0.15) is 32.7 Å². The van der Waals surface area contributed by atoms with Gasteiger partial charge in [-0.2, -0.15) is 0 Å². The van der Waals surface area contributed by atoms with Crippen molar-refractivity contribution in [3.63, 3.8) is 0 Å². The molecule has 4 rings (SSSR count). The Morgan fingerprint density at radius 1 is 1.03 bits per heavy atom. The van der Waals surface area contributed by atoms with Gasteiger partial charge in [-0.1, -0.05) is 42.0 Å². The smallest absolute Gasteiger partial charge is 0.251 e. The van der Waals surface area contributed by atoms with Gasteiger partial charge in [-0.25, -0.2) is 0 Å². The van der Waals surface area contributed by atoms with E-state index in [-0.39, 0.29) is 5.91 Å². The number of benzene rings is 2. The molecule has 0 bridgehead atoms. The molecule has 1 saturated heterocycles. The molecule has 3 aromatic rings. The van der Waals surface area contributed by atoms with Crippen LogP contribution in [0.2, 0.25) is 0 Å². The lowest BCUT2D eigenvalue weighted by atomic mass is 9.97. The summed E-state index contributed by atoms with van der Waals surface area (Å²) in [5, 5.41) is 13.8. The molecule has 0 spiro atoms. The van der Waals surface area contributed by atoms with Crippen LogP contribution in [0.4, 0.5) is 0 Å². The molecule has 2 aromatic carbocycles. The van der Waals surface area contributed by atoms with E-state index in [1.165, 1.54) is 5.56 Å². The summed E-state index contributed by atoms with van der Waals surface area (Å²) < 4.78 is 5.40. The lowest BCUT2D eigenvalue weighted by Gasteiger charge is -2.31. The lowest BCUT2D eigenvalue weighted by Crippen LogP contribution is -2.44. The first-order valence-corrected chi connectivity index (χ1v) is 11.4. The quantitative estimate of drug-likeness (QED) is 0.582. The van der Waals surface area contributed by atoms with E-state index >= 15 is 0 Å². The number of aliphatic hydroxyl groups is 1. The molecular weight excluding hydrogens is 414 g/mol. The molecule has 6 heteroatoms. The maximum Gasteiger partial charge on any atom is 0.251 e. The van der Waals surface area contributed by atoms with Gasteiger partial charge in [0, 0.05) is 43.5 Å². The number of carbonyl (C=O) groups is 1. The average Bonchev–Trinajstić information content (AvgIpc) is 2.84. The predicted molar refractivity (Wildman–Crippen MR) is 129 cm³/mol. The molecule has 1 aliphatic heterocycles. The van der Waals surface area contributed by atoms with Crippen LogP contribution in [0.25, 0.3) is 11.1 Å². The summed E-state index contributed by atoms with van der Waals surface area (Å²) in [6, 6.07) is 18.0. The first-order valence-electron chi connectivity index (χ1n) is 11.4. The average molecular weight is 446 g/mol. The van der Waals surface area contributed by atoms with Crippen molar-refractivity contribution < 1.29 is 14.6 Å². The van der Waals surface area contributed by atoms with Crippen LogP contribution in [0, 0.1) is 13.8 Å². The summed E-state index contributed by atoms with van der Waals surface area (Å²) in [5.41, 5.74) is 6.59. The van der Waals surface area contributed by atoms with Crippen molar-refractivity contribution in [3.8, 4) is 11.1 Å². The van der Waals surface area contributed by atoms with Gasteiger partial charge in [0.25, 0.3) is 5.91 Å². The standard InChI is InChI=1S/C27H31N3O3/c1-19-3-7-23(8-4-19)24-13-22(15-26(31)30-9-11-33-12-10-30)14-25(16-24)27(32)29-18-21-6-5-20(2)28-17-21/h3-8,13-14,16-17,26,31H,9-12,15,18H2,1-2H3,(H,29,32). The normalized spacial score (nSPS) is 15.2. The Bertz CT molecular complexity index is 1070. The summed E-state index contributed by atoms with van der Waals surface area (Å²) in [5.74, 6) is -0.147. The lowest BCUT2D eigenvalue weighted by molar-refractivity contribution is -0.0575. The molecule has 33 heavy (non-hydrogen) atoms. The van der Waals surface area contributed by atoms with E-state index in [2.05, 4.69) is 47.6 Å². The summed E-state index contributed by atoms with van der Waals surface area (Å²) in [7, 11) is 0. The number of pyridine rings is 1. The minimum atomic E-state index is -0.614. The molecule has 1 aliphatic rings. The van der Waals surface area contributed by atoms with Gasteiger partial charge in [-0.05, 0) is 54.3 Å². The van der Waals surface area contributed by atoms with Gasteiger partial charge in [0.1, 0.15) is 6.23 Å². The van der Waals surface area contributed by atoms with E-state index in [4.69, 9.17) is 4.74 Å². The first kappa shape index (κ1) is 23.1. The zero-order valence-corrected chi connectivity index (χ0v) is 19.3. The zero-order chi connectivity index (χ0) is 23.2. The van der Waals surface area contributed by atoms with Crippen LogP contribution in [0.5, 0.6) is 0 Å². The SMILES string of the molecule is Cc1ccc(-c2cc(CC(O)N3CCOCC3)cc(C(=O)NCc3ccc(C)nc3)c2)cc1. The number of ether oxygens (including phenoxy) is 1. The van der Waals surface area contributed by atoms with E-state index in [0.29, 0.717) is 44.8 Å². The Morgan fingerprint density at radius 3 is 2.48 bits per heavy atom. The molecule has 172 valence electrons. The molecule has 1 amide bonds. The molecule has 0 saturated carbocycles. The molecule has 0 aliphatic carbocycles. The van der Waals surface area contributed by atoms with E-state index in [1.54, 1.807) is 6.20 Å². The Kier molecular flexibility index (Phi) is 7.50. The zero-order valence-electron chi connectivity index (χ0n) is 19.3. The maximum absolute atomic E-state index is 13.0. The van der Waals surface area contributed by atoms with Crippen LogP contribution in [0.15, 0.2) is 60.8 Å². The highest BCUT2D eigenvalue weighted by Crippen LogP contribution is 2.24. The predicted octanol–water partition coefficient (Wildman–Crippen LogP) is 3.49. The molecule has 2 N–H and O–H groups in total. The summed E-state index contributed by atoms with van der Waals surface area (Å²) >= 11 is 0. The van der Waals surface area contributed by atoms with Crippen LogP contribution in [-0.4, -0.2) is 53.4 Å². The molecule has 0 radical (unpaired) electrons. The minimum absolute atomic E-state index is 0.147. The number of nitrogens with one attached hydrogen (secondary N) is 1. The number of hydrogen-bond acceptors (Lipinski definition) is 5. The third-order valence-corrected chi connectivity index (χ3v) is 5.95. The summed E-state index contributed by atoms with van der Waals surface area (Å²) in [4.78, 5) is 19.4. The highest BCUT2D eigenvalue weighted by Gasteiger charge is 2.20. The van der Waals surface area contributed by atoms with Gasteiger partial charge < -0.3 is 15.2 Å². The van der Waals surface area contributed by atoms with Gasteiger partial charge in [0.2, 0.25) is 0 Å². The highest BCUT2D eigenvalue weighted by atomic mass is 16.5. The Labute approximate surface area is 195 Å². The first-order chi connectivity index (χ1) is 16.0. The van der Waals surface area contributed by atoms with Gasteiger partial charge in [0.05, 0.1) is 13.2 Å². The van der Waals surface area contributed by atoms with E-state index in [9.17, 15) is 9.90 Å². The van der Waals surface area contributed by atoms with Crippen LogP contribution < -0.4 is 5.32 Å². The fourth-order valence-electron chi connectivity index (χ4n) is 3.96. The third-order valence-electron chi connectivity index (χ3n) is 5.95. The van der Waals surface area contributed by atoms with Gasteiger partial charge >= 0.3 is 0 Å². The summed E-state index contributed by atoms with van der Waals surface area (Å²) in [6.07, 6.45) is 1.61. The Morgan fingerprint density at radius 2 is 1.79 bits per heavy atom. The fraction of sp³-hybridized carbons (Fsp3) is 0.333. The number of carbonyl (C=O) groups excluding carboxylic acids is 1. The van der Waals surface area contributed by atoms with Crippen LogP contribution >= 0.6 is 0 Å². The monoisotopic (exact) mass is 445 g/mol. The topological polar surface area (TPSA) is 74.7 Å². The highest BCUT2D eigenvalue weighted by molar-refractivity contribution is 5.95. The van der Waals surface area contributed by atoms with Crippen molar-refractivity contribution in [1.82, 2.24) is 15.2 Å². The molecule has 6 nitrogen and oxygen atoms in total. The van der Waals surface area contributed by atoms with Crippen molar-refractivity contribution in [2.24, 2.45) is 0 Å². The Hall–Kier alpha value is -3.06. The second-order valence-corrected chi connectivity index (χ2v) is 8.61. The second kappa shape index (κ2) is 10.7. The number of aromatic nitrogens is 1. The number of morpholine rings is 1. The molecule has 1 unspecified atom stereocenters. The minimum Gasteiger partial charge on any atom is -0.379 e. The van der Waals surface area contributed by atoms with E-state index in [0.717, 1.165) is 27.9 Å². The Balaban J connectivity index is 1.56. The molecule has 1 aromatic heterocycles. The van der Waals surface area contributed by atoms with Crippen molar-refractivity contribution in [2.75, 3.05) is 26.3 Å². The van der Waals surface area contributed by atoms with Crippen molar-refractivity contribution in [1.29, 1.82) is 0 Å². The molecule has 1 fully saturated rings. The third kappa shape index (κ3) is 6.26. The molecule has 2 heterocycles. The number of nitrogens with zero attached hydrogens (tertiary/aromatic N) is 2. The molecule has 1 atom stereocenters. The fourth-order valence-corrected chi connectivity index (χ4v) is 3.96. The second-order valence-electron chi connectivity index (χ2n) is 8.61. The number of hydrogen-bond donors (Lipinski definition) is 2. The summed E-state index contributed by atoms with van der Waals surface area (Å²) in [6.45, 7) is 7.06. The van der Waals surface area contributed by atoms with E-state index < -0.39 is 6.23 Å². The molecular formula is C27H31N3O3. The van der Waals surface area contributed by atoms with Crippen molar-refractivity contribution in [3.05, 3.63) is 88.7 Å². The largest absolute Gasteiger partial charge is 0.379 e.